The molecular weight excluding hydrogens is 781 g/mol. The van der Waals surface area contributed by atoms with Crippen molar-refractivity contribution in [3.63, 3.8) is 0 Å². The summed E-state index contributed by atoms with van der Waals surface area (Å²) in [6.45, 7) is 6.03. The second kappa shape index (κ2) is 49.2. The molecule has 0 aliphatic heterocycles. The molecular formula is C57H80O6. The van der Waals surface area contributed by atoms with Crippen LogP contribution in [0.4, 0.5) is 0 Å². The van der Waals surface area contributed by atoms with E-state index in [1.807, 2.05) is 146 Å². The minimum Gasteiger partial charge on any atom is -0.462 e. The number of rotatable bonds is 38. The number of hydrogen-bond acceptors (Lipinski definition) is 6. The average Bonchev–Trinajstić information content (AvgIpc) is 3.28. The first kappa shape index (κ1) is 57.5. The van der Waals surface area contributed by atoms with Crippen LogP contribution in [0.2, 0.25) is 0 Å². The van der Waals surface area contributed by atoms with E-state index in [2.05, 4.69) is 57.2 Å². The predicted octanol–water partition coefficient (Wildman–Crippen LogP) is 15.4. The molecule has 0 fully saturated rings. The van der Waals surface area contributed by atoms with Gasteiger partial charge in [-0.25, -0.2) is 0 Å². The van der Waals surface area contributed by atoms with Crippen molar-refractivity contribution >= 4 is 17.9 Å². The SMILES string of the molecule is CC/C=C/C=C/C=C/C=C/C=C/C=C/CCCCCC(=O)OCC(COC(=O)CCC/C=C/C=C/C=C/C=C/C=C/CC)OC(=O)CCCCCCC/C=C/C=C/C=C/C=C/CC. The van der Waals surface area contributed by atoms with Gasteiger partial charge in [0.15, 0.2) is 6.10 Å². The van der Waals surface area contributed by atoms with Crippen LogP contribution in [-0.4, -0.2) is 37.2 Å². The van der Waals surface area contributed by atoms with Gasteiger partial charge >= 0.3 is 17.9 Å². The van der Waals surface area contributed by atoms with Gasteiger partial charge in [0.05, 0.1) is 0 Å². The van der Waals surface area contributed by atoms with Crippen LogP contribution >= 0.6 is 0 Å². The molecule has 6 heteroatoms. The van der Waals surface area contributed by atoms with Gasteiger partial charge in [0.2, 0.25) is 0 Å². The third-order valence-corrected chi connectivity index (χ3v) is 8.77. The molecule has 0 aromatic rings. The summed E-state index contributed by atoms with van der Waals surface area (Å²) < 4.78 is 16.6. The highest BCUT2D eigenvalue weighted by molar-refractivity contribution is 5.71. The minimum absolute atomic E-state index is 0.145. The number of allylic oxidation sites excluding steroid dienone is 30. The first-order chi connectivity index (χ1) is 31.0. The van der Waals surface area contributed by atoms with Gasteiger partial charge < -0.3 is 14.2 Å². The molecule has 0 saturated carbocycles. The number of unbranched alkanes of at least 4 members (excludes halogenated alkanes) is 9. The Hall–Kier alpha value is -5.49. The van der Waals surface area contributed by atoms with E-state index in [9.17, 15) is 14.4 Å². The quantitative estimate of drug-likeness (QED) is 0.0266. The molecule has 0 saturated heterocycles. The Balaban J connectivity index is 4.69. The second-order valence-corrected chi connectivity index (χ2v) is 14.5. The molecule has 0 N–H and O–H groups in total. The average molecular weight is 861 g/mol. The fourth-order valence-electron chi connectivity index (χ4n) is 5.33. The van der Waals surface area contributed by atoms with E-state index in [0.29, 0.717) is 19.3 Å². The molecule has 63 heavy (non-hydrogen) atoms. The maximum atomic E-state index is 12.8. The van der Waals surface area contributed by atoms with Gasteiger partial charge in [0, 0.05) is 19.3 Å². The van der Waals surface area contributed by atoms with Gasteiger partial charge in [-0.2, -0.15) is 0 Å². The van der Waals surface area contributed by atoms with Crippen molar-refractivity contribution in [1.29, 1.82) is 0 Å². The molecule has 1 unspecified atom stereocenters. The highest BCUT2D eigenvalue weighted by Gasteiger charge is 2.19. The Bertz CT molecular complexity index is 1600. The zero-order chi connectivity index (χ0) is 45.8. The summed E-state index contributed by atoms with van der Waals surface area (Å²) in [5.74, 6) is -1.11. The molecule has 1 atom stereocenters. The summed E-state index contributed by atoms with van der Waals surface area (Å²) in [6.07, 6.45) is 74.4. The van der Waals surface area contributed by atoms with Crippen molar-refractivity contribution < 1.29 is 28.6 Å². The molecule has 0 spiro atoms. The van der Waals surface area contributed by atoms with E-state index in [-0.39, 0.29) is 50.4 Å². The molecule has 0 radical (unpaired) electrons. The van der Waals surface area contributed by atoms with Gasteiger partial charge in [-0.15, -0.1) is 0 Å². The number of ether oxygens (including phenoxy) is 3. The summed E-state index contributed by atoms with van der Waals surface area (Å²) in [6, 6.07) is 0. The predicted molar refractivity (Wildman–Crippen MR) is 269 cm³/mol. The first-order valence-electron chi connectivity index (χ1n) is 23.5. The van der Waals surface area contributed by atoms with Gasteiger partial charge in [-0.1, -0.05) is 229 Å². The Morgan fingerprint density at radius 2 is 0.587 bits per heavy atom. The molecule has 0 aliphatic rings. The number of esters is 3. The maximum absolute atomic E-state index is 12.8. The molecule has 0 rings (SSSR count). The molecule has 344 valence electrons. The standard InChI is InChI=1S/C57H80O6/c1-4-7-10-13-16-19-22-25-27-28-30-32-35-38-41-44-47-50-56(59)62-53-54(52-61-55(58)49-46-43-40-37-34-31-24-21-18-15-12-9-6-3)63-57(60)51-48-45-42-39-36-33-29-26-23-20-17-14-11-8-5-2/h7-32,34-35,37,40,54H,4-6,33,36,38-39,41-53H2,1-3H3/b10-7+,11-8+,12-9+,16-13+,17-14+,18-15+,22-19+,23-20+,24-21+,27-25+,29-26+,30-28+,34-31+,35-32+,40-37+. The summed E-state index contributed by atoms with van der Waals surface area (Å²) in [5, 5.41) is 0. The van der Waals surface area contributed by atoms with Crippen LogP contribution in [0.25, 0.3) is 0 Å². The Kier molecular flexibility index (Phi) is 44.9. The summed E-state index contributed by atoms with van der Waals surface area (Å²) in [7, 11) is 0. The van der Waals surface area contributed by atoms with E-state index >= 15 is 0 Å². The van der Waals surface area contributed by atoms with E-state index in [1.54, 1.807) is 0 Å². The van der Waals surface area contributed by atoms with E-state index in [4.69, 9.17) is 14.2 Å². The van der Waals surface area contributed by atoms with Crippen LogP contribution in [0.3, 0.4) is 0 Å². The van der Waals surface area contributed by atoms with Crippen LogP contribution in [0.15, 0.2) is 182 Å². The minimum atomic E-state index is -0.848. The molecule has 0 bridgehead atoms. The van der Waals surface area contributed by atoms with Crippen LogP contribution in [0.5, 0.6) is 0 Å². The number of carbonyl (C=O) groups excluding carboxylic acids is 3. The lowest BCUT2D eigenvalue weighted by Crippen LogP contribution is -2.30. The smallest absolute Gasteiger partial charge is 0.306 e. The van der Waals surface area contributed by atoms with E-state index < -0.39 is 6.10 Å². The summed E-state index contributed by atoms with van der Waals surface area (Å²) in [5.41, 5.74) is 0. The zero-order valence-electron chi connectivity index (χ0n) is 39.0. The van der Waals surface area contributed by atoms with Crippen LogP contribution in [0.1, 0.15) is 136 Å². The van der Waals surface area contributed by atoms with Crippen molar-refractivity contribution in [2.24, 2.45) is 0 Å². The molecule has 0 aromatic heterocycles. The summed E-state index contributed by atoms with van der Waals surface area (Å²) in [4.78, 5) is 37.9. The van der Waals surface area contributed by atoms with Gasteiger partial charge in [-0.05, 0) is 70.6 Å². The highest BCUT2D eigenvalue weighted by atomic mass is 16.6. The maximum Gasteiger partial charge on any atom is 0.306 e. The third kappa shape index (κ3) is 47.4. The van der Waals surface area contributed by atoms with Crippen molar-refractivity contribution in [3.8, 4) is 0 Å². The second-order valence-electron chi connectivity index (χ2n) is 14.5. The Morgan fingerprint density at radius 1 is 0.317 bits per heavy atom. The van der Waals surface area contributed by atoms with Gasteiger partial charge in [0.25, 0.3) is 0 Å². The summed E-state index contributed by atoms with van der Waals surface area (Å²) >= 11 is 0. The number of hydrogen-bond donors (Lipinski definition) is 0. The van der Waals surface area contributed by atoms with Gasteiger partial charge in [-0.3, -0.25) is 14.4 Å². The Labute approximate surface area is 383 Å². The molecule has 0 aliphatic carbocycles. The largest absolute Gasteiger partial charge is 0.462 e. The monoisotopic (exact) mass is 861 g/mol. The molecule has 0 heterocycles. The van der Waals surface area contributed by atoms with Crippen molar-refractivity contribution in [1.82, 2.24) is 0 Å². The fraction of sp³-hybridized carbons (Fsp3) is 0.421. The molecule has 0 aromatic carbocycles. The Morgan fingerprint density at radius 3 is 0.968 bits per heavy atom. The van der Waals surface area contributed by atoms with Crippen LogP contribution < -0.4 is 0 Å². The van der Waals surface area contributed by atoms with Crippen molar-refractivity contribution in [2.75, 3.05) is 13.2 Å². The van der Waals surface area contributed by atoms with Gasteiger partial charge in [0.1, 0.15) is 13.2 Å². The lowest BCUT2D eigenvalue weighted by atomic mass is 10.1. The van der Waals surface area contributed by atoms with E-state index in [1.165, 1.54) is 0 Å². The van der Waals surface area contributed by atoms with E-state index in [0.717, 1.165) is 77.0 Å². The molecule has 0 amide bonds. The lowest BCUT2D eigenvalue weighted by molar-refractivity contribution is -0.167. The number of carbonyl (C=O) groups is 3. The molecule has 6 nitrogen and oxygen atoms in total. The zero-order valence-corrected chi connectivity index (χ0v) is 39.0. The van der Waals surface area contributed by atoms with Crippen molar-refractivity contribution in [3.05, 3.63) is 182 Å². The topological polar surface area (TPSA) is 78.9 Å². The highest BCUT2D eigenvalue weighted by Crippen LogP contribution is 2.11. The normalized spacial score (nSPS) is 13.8. The fourth-order valence-corrected chi connectivity index (χ4v) is 5.33. The van der Waals surface area contributed by atoms with Crippen LogP contribution in [0, 0.1) is 0 Å². The van der Waals surface area contributed by atoms with Crippen molar-refractivity contribution in [2.45, 2.75) is 142 Å². The third-order valence-electron chi connectivity index (χ3n) is 8.77. The lowest BCUT2D eigenvalue weighted by Gasteiger charge is -2.18. The van der Waals surface area contributed by atoms with Crippen LogP contribution in [-0.2, 0) is 28.6 Å². The first-order valence-corrected chi connectivity index (χ1v) is 23.5.